The van der Waals surface area contributed by atoms with E-state index in [-0.39, 0.29) is 19.2 Å². The van der Waals surface area contributed by atoms with Crippen LogP contribution in [0.2, 0.25) is 0 Å². The Morgan fingerprint density at radius 3 is 2.16 bits per heavy atom. The average Bonchev–Trinajstić information content (AvgIpc) is 3.45. The molecule has 3 aromatic carbocycles. The fraction of sp³-hybridized carbons (Fsp3) is 0.258. The zero-order valence-electron chi connectivity index (χ0n) is 21.4. The molecule has 0 saturated heterocycles. The number of aryl methyl sites for hydroxylation is 1. The van der Waals surface area contributed by atoms with Gasteiger partial charge in [0.05, 0.1) is 17.7 Å². The van der Waals surface area contributed by atoms with Gasteiger partial charge in [-0.3, -0.25) is 0 Å². The smallest absolute Gasteiger partial charge is 0.314 e. The van der Waals surface area contributed by atoms with Gasteiger partial charge in [0.2, 0.25) is 0 Å². The highest BCUT2D eigenvalue weighted by molar-refractivity contribution is 7.19. The van der Waals surface area contributed by atoms with Crippen molar-refractivity contribution in [2.75, 3.05) is 25.0 Å². The second-order valence-corrected chi connectivity index (χ2v) is 10.3. The van der Waals surface area contributed by atoms with Crippen molar-refractivity contribution in [3.63, 3.8) is 0 Å². The van der Waals surface area contributed by atoms with Crippen molar-refractivity contribution in [1.82, 2.24) is 10.6 Å². The molecule has 0 aliphatic rings. The molecule has 4 aromatic rings. The van der Waals surface area contributed by atoms with Gasteiger partial charge in [-0.1, -0.05) is 78.9 Å². The van der Waals surface area contributed by atoms with Crippen molar-refractivity contribution >= 4 is 22.4 Å². The van der Waals surface area contributed by atoms with Crippen LogP contribution in [-0.4, -0.2) is 42.0 Å². The summed E-state index contributed by atoms with van der Waals surface area (Å²) in [5, 5.41) is 29.2. The molecule has 1 unspecified atom stereocenters. The number of carbonyl (C=O) groups is 1. The Hall–Kier alpha value is -3.65. The summed E-state index contributed by atoms with van der Waals surface area (Å²) < 4.78 is 0. The molecular formula is C31H35N3O3S. The maximum absolute atomic E-state index is 12.0. The number of benzene rings is 3. The first-order chi connectivity index (χ1) is 18.6. The Morgan fingerprint density at radius 2 is 1.42 bits per heavy atom. The van der Waals surface area contributed by atoms with Gasteiger partial charge in [-0.15, -0.1) is 11.3 Å². The predicted octanol–water partition coefficient (Wildman–Crippen LogP) is 5.67. The molecule has 1 aromatic heterocycles. The normalized spacial score (nSPS) is 11.6. The van der Waals surface area contributed by atoms with Crippen molar-refractivity contribution in [3.8, 4) is 21.6 Å². The fourth-order valence-electron chi connectivity index (χ4n) is 4.08. The number of rotatable bonds is 13. The van der Waals surface area contributed by atoms with Gasteiger partial charge in [0.25, 0.3) is 0 Å². The van der Waals surface area contributed by atoms with E-state index < -0.39 is 6.10 Å². The van der Waals surface area contributed by atoms with Gasteiger partial charge in [-0.25, -0.2) is 4.79 Å². The molecule has 0 aliphatic carbocycles. The number of amides is 2. The highest BCUT2D eigenvalue weighted by Crippen LogP contribution is 2.32. The maximum Gasteiger partial charge on any atom is 0.314 e. The zero-order chi connectivity index (χ0) is 26.6. The van der Waals surface area contributed by atoms with Crippen LogP contribution in [0.3, 0.4) is 0 Å². The summed E-state index contributed by atoms with van der Waals surface area (Å²) in [6, 6.07) is 30.6. The van der Waals surface area contributed by atoms with Crippen LogP contribution in [0.25, 0.3) is 21.6 Å². The molecule has 5 N–H and O–H groups in total. The van der Waals surface area contributed by atoms with Crippen molar-refractivity contribution in [3.05, 3.63) is 102 Å². The van der Waals surface area contributed by atoms with Gasteiger partial charge in [0.1, 0.15) is 0 Å². The molecule has 6 nitrogen and oxygen atoms in total. The number of hydrogen-bond donors (Lipinski definition) is 5. The lowest BCUT2D eigenvalue weighted by atomic mass is 10.0. The van der Waals surface area contributed by atoms with E-state index in [1.165, 1.54) is 16.7 Å². The third kappa shape index (κ3) is 8.45. The maximum atomic E-state index is 12.0. The first-order valence-electron chi connectivity index (χ1n) is 13.0. The van der Waals surface area contributed by atoms with E-state index in [1.54, 1.807) is 11.3 Å². The third-order valence-electron chi connectivity index (χ3n) is 6.28. The molecule has 1 atom stereocenters. The van der Waals surface area contributed by atoms with Gasteiger partial charge >= 0.3 is 6.03 Å². The molecule has 0 saturated carbocycles. The number of carbonyl (C=O) groups excluding carboxylic acids is 1. The summed E-state index contributed by atoms with van der Waals surface area (Å²) in [6.07, 6.45) is 2.07. The number of hydrogen-bond acceptors (Lipinski definition) is 5. The highest BCUT2D eigenvalue weighted by atomic mass is 32.1. The lowest BCUT2D eigenvalue weighted by Crippen LogP contribution is -2.41. The van der Waals surface area contributed by atoms with Crippen LogP contribution >= 0.6 is 11.3 Å². The van der Waals surface area contributed by atoms with E-state index in [4.69, 9.17) is 5.11 Å². The Bertz CT molecular complexity index is 1260. The molecule has 38 heavy (non-hydrogen) atoms. The van der Waals surface area contributed by atoms with E-state index >= 15 is 0 Å². The number of aliphatic hydroxyl groups is 2. The number of urea groups is 1. The monoisotopic (exact) mass is 529 g/mol. The number of thiophene rings is 1. The van der Waals surface area contributed by atoms with E-state index in [0.29, 0.717) is 13.1 Å². The largest absolute Gasteiger partial charge is 0.392 e. The first kappa shape index (κ1) is 27.4. The summed E-state index contributed by atoms with van der Waals surface area (Å²) in [5.41, 5.74) is 5.68. The molecule has 198 valence electrons. The van der Waals surface area contributed by atoms with Crippen LogP contribution in [0.1, 0.15) is 24.0 Å². The van der Waals surface area contributed by atoms with Gasteiger partial charge < -0.3 is 26.2 Å². The molecule has 4 rings (SSSR count). The molecule has 0 bridgehead atoms. The Balaban J connectivity index is 1.10. The fourth-order valence-corrected chi connectivity index (χ4v) is 5.00. The SMILES string of the molecule is O=C(NCCCCc1ccc(CO)cc1)NCC(O)CNc1ccc(-c2ccc(-c3ccccc3)cc2)s1. The van der Waals surface area contributed by atoms with Crippen LogP contribution in [0.5, 0.6) is 0 Å². The summed E-state index contributed by atoms with van der Waals surface area (Å²) in [5.74, 6) is 0. The quantitative estimate of drug-likeness (QED) is 0.144. The summed E-state index contributed by atoms with van der Waals surface area (Å²) in [7, 11) is 0. The Kier molecular flexibility index (Phi) is 10.3. The molecule has 1 heterocycles. The summed E-state index contributed by atoms with van der Waals surface area (Å²) in [6.45, 7) is 1.17. The highest BCUT2D eigenvalue weighted by Gasteiger charge is 2.09. The lowest BCUT2D eigenvalue weighted by Gasteiger charge is -2.13. The second kappa shape index (κ2) is 14.3. The van der Waals surface area contributed by atoms with Gasteiger partial charge in [0.15, 0.2) is 0 Å². The molecular weight excluding hydrogens is 494 g/mol. The predicted molar refractivity (Wildman–Crippen MR) is 156 cm³/mol. The molecule has 0 radical (unpaired) electrons. The van der Waals surface area contributed by atoms with E-state index in [2.05, 4.69) is 58.4 Å². The molecule has 7 heteroatoms. The van der Waals surface area contributed by atoms with Crippen LogP contribution in [0.4, 0.5) is 9.80 Å². The number of nitrogens with one attached hydrogen (secondary N) is 3. The summed E-state index contributed by atoms with van der Waals surface area (Å²) in [4.78, 5) is 13.2. The van der Waals surface area contributed by atoms with Gasteiger partial charge in [-0.05, 0) is 59.2 Å². The zero-order valence-corrected chi connectivity index (χ0v) is 22.2. The van der Waals surface area contributed by atoms with Crippen molar-refractivity contribution in [2.24, 2.45) is 0 Å². The van der Waals surface area contributed by atoms with Gasteiger partial charge in [-0.2, -0.15) is 0 Å². The van der Waals surface area contributed by atoms with Crippen molar-refractivity contribution in [1.29, 1.82) is 0 Å². The van der Waals surface area contributed by atoms with Crippen LogP contribution in [0, 0.1) is 0 Å². The number of anilines is 1. The minimum absolute atomic E-state index is 0.0594. The topological polar surface area (TPSA) is 93.6 Å². The summed E-state index contributed by atoms with van der Waals surface area (Å²) >= 11 is 1.64. The van der Waals surface area contributed by atoms with E-state index in [9.17, 15) is 9.90 Å². The number of aliphatic hydroxyl groups excluding tert-OH is 2. The number of unbranched alkanes of at least 4 members (excludes halogenated alkanes) is 1. The standard InChI is InChI=1S/C31H35N3O3S/c35-22-24-11-9-23(10-12-24)6-4-5-19-32-31(37)34-21-28(36)20-33-30-18-17-29(38-30)27-15-13-26(14-16-27)25-7-2-1-3-8-25/h1-3,7-18,28,33,35-36H,4-6,19-22H2,(H2,32,34,37). The van der Waals surface area contributed by atoms with E-state index in [1.807, 2.05) is 48.5 Å². The van der Waals surface area contributed by atoms with Crippen molar-refractivity contribution < 1.29 is 15.0 Å². The molecule has 0 fully saturated rings. The molecule has 2 amide bonds. The Labute approximate surface area is 228 Å². The first-order valence-corrected chi connectivity index (χ1v) is 13.8. The molecule has 0 aliphatic heterocycles. The van der Waals surface area contributed by atoms with Crippen LogP contribution in [0.15, 0.2) is 91.0 Å². The third-order valence-corrected chi connectivity index (χ3v) is 7.37. The van der Waals surface area contributed by atoms with Crippen molar-refractivity contribution in [2.45, 2.75) is 32.0 Å². The minimum atomic E-state index is -0.696. The van der Waals surface area contributed by atoms with Crippen LogP contribution in [-0.2, 0) is 13.0 Å². The molecule has 0 spiro atoms. The minimum Gasteiger partial charge on any atom is -0.392 e. The second-order valence-electron chi connectivity index (χ2n) is 9.21. The Morgan fingerprint density at radius 1 is 0.737 bits per heavy atom. The lowest BCUT2D eigenvalue weighted by molar-refractivity contribution is 0.181. The van der Waals surface area contributed by atoms with Gasteiger partial charge in [0, 0.05) is 24.5 Å². The van der Waals surface area contributed by atoms with E-state index in [0.717, 1.165) is 40.3 Å². The van der Waals surface area contributed by atoms with Crippen LogP contribution < -0.4 is 16.0 Å². The average molecular weight is 530 g/mol.